The van der Waals surface area contributed by atoms with Crippen LogP contribution in [-0.4, -0.2) is 86.0 Å². The summed E-state index contributed by atoms with van der Waals surface area (Å²) >= 11 is 5.71. The van der Waals surface area contributed by atoms with E-state index in [4.69, 9.17) is 40.6 Å². The number of alkyl halides is 6. The Kier molecular flexibility index (Phi) is 21.5. The summed E-state index contributed by atoms with van der Waals surface area (Å²) in [7, 11) is -4.02. The zero-order valence-electron chi connectivity index (χ0n) is 43.8. The lowest BCUT2D eigenvalue weighted by molar-refractivity contribution is -0.145. The highest BCUT2D eigenvalue weighted by atomic mass is 35.5. The molecule has 78 heavy (non-hydrogen) atoms. The largest absolute Gasteiger partial charge is 0.489 e. The van der Waals surface area contributed by atoms with E-state index in [0.717, 1.165) is 49.6 Å². The first-order valence-corrected chi connectivity index (χ1v) is 32.4. The van der Waals surface area contributed by atoms with Gasteiger partial charge in [-0.15, -0.1) is 10.2 Å². The molecule has 8 aromatic rings. The summed E-state index contributed by atoms with van der Waals surface area (Å²) in [5.74, 6) is -0.687. The molecule has 4 aromatic heterocycles. The van der Waals surface area contributed by atoms with Gasteiger partial charge in [-0.2, -0.15) is 26.3 Å². The highest BCUT2D eigenvalue weighted by Gasteiger charge is 2.38. The van der Waals surface area contributed by atoms with Gasteiger partial charge in [0.05, 0.1) is 5.69 Å². The molecule has 24 heteroatoms. The number of nitrogens with zero attached hydrogens (tertiary/aromatic N) is 8. The van der Waals surface area contributed by atoms with E-state index in [1.54, 1.807) is 24.3 Å². The van der Waals surface area contributed by atoms with Crippen LogP contribution in [0.5, 0.6) is 11.5 Å². The van der Waals surface area contributed by atoms with Crippen LogP contribution in [0.4, 0.5) is 26.3 Å². The third kappa shape index (κ3) is 19.9. The van der Waals surface area contributed by atoms with Gasteiger partial charge < -0.3 is 29.0 Å². The first-order chi connectivity index (χ1) is 36.9. The SMILES string of the molecule is C[Si](C)(C)CCOCn1nc(C(F)(F)F)nc1-c1ccc(-c2ccc(COc3ccccc3)cc2)nc1.C[Si](C)(C)CCOCn1nc(C(F)(F)F)nc1-c1ccc(Cl)nc1.OB(O)c1ccc(COc2ccccc2)cc1. The van der Waals surface area contributed by atoms with Crippen molar-refractivity contribution < 1.29 is 55.3 Å². The standard InChI is InChI=1S/C27H29F3N4O2Si.C14H18ClF3N4OSi.C13H13BO3/c1-37(2,3)16-15-35-19-34-25(32-26(33-34)27(28,29)30)22-13-14-24(31-17-22)21-11-9-20(10-12-21)18-36-23-7-5-4-6-8-23;1-24(2,3)7-6-23-9-22-12(10-4-5-11(15)19-8-10)20-13(21-22)14(16,17)18;15-14(16)12-8-6-11(7-9-12)10-17-13-4-2-1-3-5-13/h4-14,17H,15-16,18-19H2,1-3H3;4-5,8H,6-7,9H2,1-3H3;1-9,15-16H,10H2. The summed E-state index contributed by atoms with van der Waals surface area (Å²) < 4.78 is 103. The van der Waals surface area contributed by atoms with Crippen molar-refractivity contribution in [1.29, 1.82) is 0 Å². The lowest BCUT2D eigenvalue weighted by Gasteiger charge is -2.15. The molecule has 14 nitrogen and oxygen atoms in total. The zero-order valence-corrected chi connectivity index (χ0v) is 46.6. The highest BCUT2D eigenvalue weighted by Crippen LogP contribution is 2.31. The Labute approximate surface area is 456 Å². The quantitative estimate of drug-likeness (QED) is 0.0322. The van der Waals surface area contributed by atoms with Gasteiger partial charge >= 0.3 is 19.5 Å². The average Bonchev–Trinajstić information content (AvgIpc) is 4.17. The molecule has 412 valence electrons. The molecule has 0 aliphatic heterocycles. The molecule has 0 saturated heterocycles. The summed E-state index contributed by atoms with van der Waals surface area (Å²) in [6, 6.07) is 42.2. The van der Waals surface area contributed by atoms with Crippen molar-refractivity contribution in [1.82, 2.24) is 39.5 Å². The van der Waals surface area contributed by atoms with Gasteiger partial charge in [-0.05, 0) is 77.2 Å². The maximum absolute atomic E-state index is 13.3. The summed E-state index contributed by atoms with van der Waals surface area (Å²) in [5.41, 5.74) is 4.84. The molecule has 2 N–H and O–H groups in total. The molecular formula is C54H60BClF6N8O6Si2. The minimum atomic E-state index is -4.66. The molecule has 0 amide bonds. The number of aromatic nitrogens is 8. The molecule has 0 atom stereocenters. The number of rotatable bonds is 20. The fourth-order valence-electron chi connectivity index (χ4n) is 6.72. The monoisotopic (exact) mass is 1130 g/mol. The van der Waals surface area contributed by atoms with Gasteiger partial charge in [0, 0.05) is 58.4 Å². The Bertz CT molecular complexity index is 3060. The van der Waals surface area contributed by atoms with E-state index in [-0.39, 0.29) is 30.3 Å². The molecule has 4 heterocycles. The molecule has 4 aromatic carbocycles. The lowest BCUT2D eigenvalue weighted by atomic mass is 9.80. The predicted octanol–water partition coefficient (Wildman–Crippen LogP) is 12.2. The van der Waals surface area contributed by atoms with Crippen LogP contribution in [0.2, 0.25) is 56.5 Å². The molecule has 0 bridgehead atoms. The number of pyridine rings is 2. The molecule has 0 spiro atoms. The Morgan fingerprint density at radius 1 is 0.526 bits per heavy atom. The number of para-hydroxylation sites is 2. The van der Waals surface area contributed by atoms with E-state index in [2.05, 4.69) is 69.4 Å². The fourth-order valence-corrected chi connectivity index (χ4v) is 8.34. The first-order valence-electron chi connectivity index (χ1n) is 24.6. The second-order valence-corrected chi connectivity index (χ2v) is 31.7. The fraction of sp³-hybridized carbons (Fsp3) is 0.296. The Morgan fingerprint density at radius 3 is 1.31 bits per heavy atom. The third-order valence-electron chi connectivity index (χ3n) is 11.1. The summed E-state index contributed by atoms with van der Waals surface area (Å²) in [6.07, 6.45) is -6.43. The summed E-state index contributed by atoms with van der Waals surface area (Å²) in [5, 5.41) is 25.3. The minimum absolute atomic E-state index is 0.0412. The van der Waals surface area contributed by atoms with Crippen molar-refractivity contribution in [3.8, 4) is 45.5 Å². The number of hydrogen-bond acceptors (Lipinski definition) is 12. The van der Waals surface area contributed by atoms with Crippen LogP contribution in [0, 0.1) is 0 Å². The van der Waals surface area contributed by atoms with E-state index in [9.17, 15) is 26.3 Å². The molecule has 0 aliphatic carbocycles. The molecule has 0 saturated carbocycles. The number of benzene rings is 4. The number of ether oxygens (including phenoxy) is 4. The van der Waals surface area contributed by atoms with E-state index in [1.165, 1.54) is 24.5 Å². The van der Waals surface area contributed by atoms with Crippen LogP contribution < -0.4 is 14.9 Å². The van der Waals surface area contributed by atoms with Crippen molar-refractivity contribution in [3.63, 3.8) is 0 Å². The van der Waals surface area contributed by atoms with Crippen LogP contribution in [0.25, 0.3) is 34.0 Å². The molecule has 8 rings (SSSR count). The van der Waals surface area contributed by atoms with Gasteiger partial charge in [0.15, 0.2) is 11.6 Å². The van der Waals surface area contributed by atoms with Crippen molar-refractivity contribution in [2.75, 3.05) is 13.2 Å². The number of halogens is 7. The average molecular weight is 1130 g/mol. The van der Waals surface area contributed by atoms with E-state index < -0.39 is 47.3 Å². The van der Waals surface area contributed by atoms with E-state index >= 15 is 0 Å². The van der Waals surface area contributed by atoms with Crippen molar-refractivity contribution >= 4 is 40.3 Å². The smallest absolute Gasteiger partial charge is 0.488 e. The maximum Gasteiger partial charge on any atom is 0.488 e. The van der Waals surface area contributed by atoms with Crippen molar-refractivity contribution in [2.24, 2.45) is 0 Å². The molecule has 0 aliphatic rings. The zero-order chi connectivity index (χ0) is 56.5. The normalized spacial score (nSPS) is 11.8. The van der Waals surface area contributed by atoms with Gasteiger partial charge in [-0.25, -0.2) is 24.3 Å². The van der Waals surface area contributed by atoms with Crippen molar-refractivity contribution in [2.45, 2.75) is 90.4 Å². The second kappa shape index (κ2) is 27.7. The van der Waals surface area contributed by atoms with Gasteiger partial charge in [0.25, 0.3) is 11.6 Å². The van der Waals surface area contributed by atoms with E-state index in [0.29, 0.717) is 48.7 Å². The Hall–Kier alpha value is -6.73. The number of hydrogen-bond donors (Lipinski definition) is 2. The Balaban J connectivity index is 0.000000206. The second-order valence-electron chi connectivity index (χ2n) is 20.0. The molecular weight excluding hydrogens is 1070 g/mol. The van der Waals surface area contributed by atoms with Gasteiger partial charge in [0.2, 0.25) is 0 Å². The van der Waals surface area contributed by atoms with Crippen LogP contribution in [0.1, 0.15) is 22.8 Å². The van der Waals surface area contributed by atoms with Gasteiger partial charge in [-0.1, -0.05) is 136 Å². The third-order valence-corrected chi connectivity index (χ3v) is 14.7. The summed E-state index contributed by atoms with van der Waals surface area (Å²) in [4.78, 5) is 15.6. The van der Waals surface area contributed by atoms with Gasteiger partial charge in [0.1, 0.15) is 43.3 Å². The van der Waals surface area contributed by atoms with E-state index in [1.807, 2.05) is 97.1 Å². The first kappa shape index (κ1) is 60.5. The maximum atomic E-state index is 13.3. The lowest BCUT2D eigenvalue weighted by Crippen LogP contribution is -2.29. The molecule has 0 unspecified atom stereocenters. The van der Waals surface area contributed by atoms with Gasteiger partial charge in [-0.3, -0.25) is 4.98 Å². The Morgan fingerprint density at radius 2 is 0.936 bits per heavy atom. The summed E-state index contributed by atoms with van der Waals surface area (Å²) in [6.45, 7) is 14.8. The van der Waals surface area contributed by atoms with Crippen LogP contribution in [0.3, 0.4) is 0 Å². The predicted molar refractivity (Wildman–Crippen MR) is 293 cm³/mol. The van der Waals surface area contributed by atoms with Crippen LogP contribution >= 0.6 is 11.6 Å². The van der Waals surface area contributed by atoms with Crippen molar-refractivity contribution in [3.05, 3.63) is 174 Å². The molecule has 0 radical (unpaired) electrons. The van der Waals surface area contributed by atoms with Crippen LogP contribution in [-0.2, 0) is 48.5 Å². The molecule has 0 fully saturated rings. The highest BCUT2D eigenvalue weighted by molar-refractivity contribution is 6.76. The minimum Gasteiger partial charge on any atom is -0.489 e. The topological polar surface area (TPSA) is 165 Å². The van der Waals surface area contributed by atoms with Crippen LogP contribution in [0.15, 0.2) is 146 Å².